The number of amides is 1. The van der Waals surface area contributed by atoms with E-state index in [1.165, 1.54) is 0 Å². The molecule has 1 aromatic rings. The predicted molar refractivity (Wildman–Crippen MR) is 75.0 cm³/mol. The van der Waals surface area contributed by atoms with Crippen LogP contribution in [0.25, 0.3) is 0 Å². The fourth-order valence-corrected chi connectivity index (χ4v) is 2.14. The largest absolute Gasteiger partial charge is 0.493 e. The Morgan fingerprint density at radius 2 is 2.00 bits per heavy atom. The number of hydrogen-bond acceptors (Lipinski definition) is 4. The standard InChI is InChI=1S/C15H21NO4/c1-18-13-4-2-3-5-14(13)20-11-15(17)16-10-12-6-8-19-9-7-12/h2-5,12H,6-11H2,1H3,(H,16,17). The van der Waals surface area contributed by atoms with E-state index in [0.717, 1.165) is 26.1 Å². The summed E-state index contributed by atoms with van der Waals surface area (Å²) >= 11 is 0. The molecule has 0 spiro atoms. The summed E-state index contributed by atoms with van der Waals surface area (Å²) in [5.74, 6) is 1.61. The Morgan fingerprint density at radius 3 is 2.70 bits per heavy atom. The lowest BCUT2D eigenvalue weighted by atomic mass is 10.0. The molecule has 1 saturated heterocycles. The molecule has 0 unspecified atom stereocenters. The van der Waals surface area contributed by atoms with Crippen LogP contribution in [0.15, 0.2) is 24.3 Å². The van der Waals surface area contributed by atoms with Crippen LogP contribution in [0.1, 0.15) is 12.8 Å². The van der Waals surface area contributed by atoms with Crippen LogP contribution < -0.4 is 14.8 Å². The van der Waals surface area contributed by atoms with E-state index < -0.39 is 0 Å². The molecule has 1 N–H and O–H groups in total. The highest BCUT2D eigenvalue weighted by molar-refractivity contribution is 5.77. The van der Waals surface area contributed by atoms with Crippen LogP contribution in [0.3, 0.4) is 0 Å². The lowest BCUT2D eigenvalue weighted by Crippen LogP contribution is -2.35. The molecule has 5 heteroatoms. The Bertz CT molecular complexity index is 430. The highest BCUT2D eigenvalue weighted by Crippen LogP contribution is 2.25. The third-order valence-corrected chi connectivity index (χ3v) is 3.36. The summed E-state index contributed by atoms with van der Waals surface area (Å²) in [4.78, 5) is 11.8. The second kappa shape index (κ2) is 7.75. The molecule has 1 aromatic carbocycles. The first kappa shape index (κ1) is 14.7. The summed E-state index contributed by atoms with van der Waals surface area (Å²) in [6.45, 7) is 2.28. The molecular formula is C15H21NO4. The number of hydrogen-bond donors (Lipinski definition) is 1. The summed E-state index contributed by atoms with van der Waals surface area (Å²) in [5.41, 5.74) is 0. The van der Waals surface area contributed by atoms with Crippen molar-refractivity contribution < 1.29 is 19.0 Å². The van der Waals surface area contributed by atoms with Gasteiger partial charge in [-0.25, -0.2) is 0 Å². The molecule has 1 aliphatic heterocycles. The predicted octanol–water partition coefficient (Wildman–Crippen LogP) is 1.62. The van der Waals surface area contributed by atoms with Gasteiger partial charge < -0.3 is 19.5 Å². The SMILES string of the molecule is COc1ccccc1OCC(=O)NCC1CCOCC1. The van der Waals surface area contributed by atoms with Crippen molar-refractivity contribution in [1.29, 1.82) is 0 Å². The fourth-order valence-electron chi connectivity index (χ4n) is 2.14. The quantitative estimate of drug-likeness (QED) is 0.859. The van der Waals surface area contributed by atoms with E-state index >= 15 is 0 Å². The van der Waals surface area contributed by atoms with E-state index in [9.17, 15) is 4.79 Å². The van der Waals surface area contributed by atoms with Gasteiger partial charge in [-0.05, 0) is 30.9 Å². The van der Waals surface area contributed by atoms with Crippen molar-refractivity contribution in [2.75, 3.05) is 33.5 Å². The molecule has 0 radical (unpaired) electrons. The van der Waals surface area contributed by atoms with Crippen LogP contribution in [-0.4, -0.2) is 39.4 Å². The molecule has 110 valence electrons. The molecule has 0 aromatic heterocycles. The van der Waals surface area contributed by atoms with Crippen molar-refractivity contribution in [2.45, 2.75) is 12.8 Å². The lowest BCUT2D eigenvalue weighted by Gasteiger charge is -2.22. The average molecular weight is 279 g/mol. The number of methoxy groups -OCH3 is 1. The van der Waals surface area contributed by atoms with Gasteiger partial charge in [0.1, 0.15) is 0 Å². The van der Waals surface area contributed by atoms with Gasteiger partial charge in [0.15, 0.2) is 18.1 Å². The van der Waals surface area contributed by atoms with Gasteiger partial charge in [0, 0.05) is 19.8 Å². The summed E-state index contributed by atoms with van der Waals surface area (Å²) in [7, 11) is 1.58. The van der Waals surface area contributed by atoms with E-state index in [1.54, 1.807) is 19.2 Å². The van der Waals surface area contributed by atoms with E-state index in [4.69, 9.17) is 14.2 Å². The van der Waals surface area contributed by atoms with Crippen LogP contribution in [0.2, 0.25) is 0 Å². The summed E-state index contributed by atoms with van der Waals surface area (Å²) < 4.78 is 15.9. The van der Waals surface area contributed by atoms with Gasteiger partial charge in [0.25, 0.3) is 5.91 Å². The summed E-state index contributed by atoms with van der Waals surface area (Å²) in [6, 6.07) is 7.29. The minimum atomic E-state index is -0.109. The first-order chi connectivity index (χ1) is 9.79. The molecule has 2 rings (SSSR count). The van der Waals surface area contributed by atoms with Gasteiger partial charge >= 0.3 is 0 Å². The van der Waals surface area contributed by atoms with Crippen molar-refractivity contribution in [3.05, 3.63) is 24.3 Å². The number of benzene rings is 1. The highest BCUT2D eigenvalue weighted by atomic mass is 16.5. The van der Waals surface area contributed by atoms with Crippen LogP contribution in [-0.2, 0) is 9.53 Å². The molecule has 1 amide bonds. The van der Waals surface area contributed by atoms with Gasteiger partial charge in [0.2, 0.25) is 0 Å². The molecule has 5 nitrogen and oxygen atoms in total. The monoisotopic (exact) mass is 279 g/mol. The zero-order chi connectivity index (χ0) is 14.2. The molecular weight excluding hydrogens is 258 g/mol. The van der Waals surface area contributed by atoms with E-state index in [1.807, 2.05) is 12.1 Å². The summed E-state index contributed by atoms with van der Waals surface area (Å²) in [6.07, 6.45) is 2.02. The molecule has 0 bridgehead atoms. The molecule has 0 aliphatic carbocycles. The Hall–Kier alpha value is -1.75. The minimum Gasteiger partial charge on any atom is -0.493 e. The minimum absolute atomic E-state index is 0.00356. The molecule has 1 fully saturated rings. The topological polar surface area (TPSA) is 56.8 Å². The summed E-state index contributed by atoms with van der Waals surface area (Å²) in [5, 5.41) is 2.90. The first-order valence-corrected chi connectivity index (χ1v) is 6.90. The van der Waals surface area contributed by atoms with Crippen LogP contribution in [0.4, 0.5) is 0 Å². The number of carbonyl (C=O) groups excluding carboxylic acids is 1. The second-order valence-corrected chi connectivity index (χ2v) is 4.80. The van der Waals surface area contributed by atoms with Crippen molar-refractivity contribution in [3.8, 4) is 11.5 Å². The zero-order valence-corrected chi connectivity index (χ0v) is 11.8. The average Bonchev–Trinajstić information content (AvgIpc) is 2.52. The Kier molecular flexibility index (Phi) is 5.68. The smallest absolute Gasteiger partial charge is 0.257 e. The number of ether oxygens (including phenoxy) is 3. The Morgan fingerprint density at radius 1 is 1.30 bits per heavy atom. The number of nitrogens with one attached hydrogen (secondary N) is 1. The zero-order valence-electron chi connectivity index (χ0n) is 11.8. The third-order valence-electron chi connectivity index (χ3n) is 3.36. The van der Waals surface area contributed by atoms with Crippen molar-refractivity contribution in [1.82, 2.24) is 5.32 Å². The van der Waals surface area contributed by atoms with Crippen molar-refractivity contribution in [3.63, 3.8) is 0 Å². The molecule has 1 aliphatic rings. The number of para-hydroxylation sites is 2. The highest BCUT2D eigenvalue weighted by Gasteiger charge is 2.15. The first-order valence-electron chi connectivity index (χ1n) is 6.90. The van der Waals surface area contributed by atoms with E-state index in [2.05, 4.69) is 5.32 Å². The molecule has 0 atom stereocenters. The number of carbonyl (C=O) groups is 1. The maximum Gasteiger partial charge on any atom is 0.257 e. The second-order valence-electron chi connectivity index (χ2n) is 4.80. The van der Waals surface area contributed by atoms with Gasteiger partial charge in [-0.2, -0.15) is 0 Å². The maximum absolute atomic E-state index is 11.8. The van der Waals surface area contributed by atoms with E-state index in [0.29, 0.717) is 24.0 Å². The van der Waals surface area contributed by atoms with Crippen molar-refractivity contribution in [2.24, 2.45) is 5.92 Å². The van der Waals surface area contributed by atoms with Gasteiger partial charge in [-0.1, -0.05) is 12.1 Å². The van der Waals surface area contributed by atoms with E-state index in [-0.39, 0.29) is 12.5 Å². The fraction of sp³-hybridized carbons (Fsp3) is 0.533. The van der Waals surface area contributed by atoms with Crippen LogP contribution in [0, 0.1) is 5.92 Å². The van der Waals surface area contributed by atoms with Gasteiger partial charge in [-0.15, -0.1) is 0 Å². The van der Waals surface area contributed by atoms with Gasteiger partial charge in [0.05, 0.1) is 7.11 Å². The lowest BCUT2D eigenvalue weighted by molar-refractivity contribution is -0.123. The third kappa shape index (κ3) is 4.42. The molecule has 20 heavy (non-hydrogen) atoms. The van der Waals surface area contributed by atoms with Crippen molar-refractivity contribution >= 4 is 5.91 Å². The Labute approximate surface area is 119 Å². The number of rotatable bonds is 6. The maximum atomic E-state index is 11.8. The molecule has 0 saturated carbocycles. The normalized spacial score (nSPS) is 15.7. The van der Waals surface area contributed by atoms with Crippen LogP contribution >= 0.6 is 0 Å². The van der Waals surface area contributed by atoms with Gasteiger partial charge in [-0.3, -0.25) is 4.79 Å². The van der Waals surface area contributed by atoms with Crippen LogP contribution in [0.5, 0.6) is 11.5 Å². The Balaban J connectivity index is 1.71. The molecule has 1 heterocycles.